The molecule has 60 valence electrons. The van der Waals surface area contributed by atoms with Crippen LogP contribution in [-0.4, -0.2) is 16.8 Å². The van der Waals surface area contributed by atoms with Gasteiger partial charge in [0.25, 0.3) is 0 Å². The van der Waals surface area contributed by atoms with Crippen molar-refractivity contribution in [2.45, 2.75) is 20.3 Å². The Morgan fingerprint density at radius 1 is 1.73 bits per heavy atom. The second-order valence-electron chi connectivity index (χ2n) is 2.85. The van der Waals surface area contributed by atoms with Crippen LogP contribution >= 0.6 is 0 Å². The quantitative estimate of drug-likeness (QED) is 0.652. The maximum atomic E-state index is 10.4. The fraction of sp³-hybridized carbons (Fsp3) is 0.500. The number of carboxylic acid groups (broad SMARTS) is 1. The summed E-state index contributed by atoms with van der Waals surface area (Å²) in [5.74, 6) is -0.580. The van der Waals surface area contributed by atoms with Crippen molar-refractivity contribution in [2.24, 2.45) is 10.9 Å². The molecule has 0 saturated heterocycles. The molecule has 0 radical (unpaired) electrons. The molecule has 1 heterocycles. The van der Waals surface area contributed by atoms with Crippen LogP contribution in [0.2, 0.25) is 0 Å². The van der Waals surface area contributed by atoms with Gasteiger partial charge in [-0.3, -0.25) is 0 Å². The van der Waals surface area contributed by atoms with Crippen molar-refractivity contribution < 1.29 is 9.90 Å². The van der Waals surface area contributed by atoms with Gasteiger partial charge in [0.05, 0.1) is 0 Å². The van der Waals surface area contributed by atoms with E-state index in [0.29, 0.717) is 12.3 Å². The molecule has 1 aliphatic heterocycles. The summed E-state index contributed by atoms with van der Waals surface area (Å²) in [5, 5.41) is 8.55. The molecule has 0 spiro atoms. The van der Waals surface area contributed by atoms with Gasteiger partial charge >= 0.3 is 5.97 Å². The summed E-state index contributed by atoms with van der Waals surface area (Å²) < 4.78 is 0. The molecule has 11 heavy (non-hydrogen) atoms. The zero-order valence-electron chi connectivity index (χ0n) is 6.66. The summed E-state index contributed by atoms with van der Waals surface area (Å²) in [6.07, 6.45) is 2.34. The van der Waals surface area contributed by atoms with Gasteiger partial charge in [-0.2, -0.15) is 0 Å². The monoisotopic (exact) mass is 153 g/mol. The Kier molecular flexibility index (Phi) is 2.08. The van der Waals surface area contributed by atoms with Crippen LogP contribution in [-0.2, 0) is 4.79 Å². The average Bonchev–Trinajstić information content (AvgIpc) is 2.33. The number of rotatable bonds is 2. The van der Waals surface area contributed by atoms with Crippen molar-refractivity contribution in [1.29, 1.82) is 0 Å². The van der Waals surface area contributed by atoms with Crippen molar-refractivity contribution in [3.63, 3.8) is 0 Å². The number of allylic oxidation sites excluding steroid dienone is 2. The number of aliphatic carboxylic acids is 1. The van der Waals surface area contributed by atoms with E-state index in [9.17, 15) is 4.79 Å². The standard InChI is InChI=1S/C8H11NO2/c1-5(2)6-3-4-7(9-6)8(10)11/h3,5H,4H2,1-2H3,(H,10,11). The molecule has 0 aromatic carbocycles. The number of carbonyl (C=O) groups is 1. The number of hydrogen-bond acceptors (Lipinski definition) is 2. The first kappa shape index (κ1) is 7.98. The third-order valence-electron chi connectivity index (χ3n) is 1.61. The normalized spacial score (nSPS) is 16.6. The van der Waals surface area contributed by atoms with Crippen LogP contribution in [0.5, 0.6) is 0 Å². The van der Waals surface area contributed by atoms with Crippen LogP contribution in [0.4, 0.5) is 0 Å². The molecule has 0 amide bonds. The molecule has 0 aliphatic carbocycles. The molecule has 0 saturated carbocycles. The van der Waals surface area contributed by atoms with E-state index >= 15 is 0 Å². The number of hydrogen-bond donors (Lipinski definition) is 1. The Balaban J connectivity index is 2.71. The van der Waals surface area contributed by atoms with Crippen molar-refractivity contribution >= 4 is 11.7 Å². The highest BCUT2D eigenvalue weighted by atomic mass is 16.4. The number of aliphatic imine (C=N–C) groups is 1. The Bertz CT molecular complexity index is 238. The van der Waals surface area contributed by atoms with Gasteiger partial charge < -0.3 is 5.11 Å². The molecule has 0 fully saturated rings. The zero-order chi connectivity index (χ0) is 8.43. The third kappa shape index (κ3) is 1.67. The van der Waals surface area contributed by atoms with Gasteiger partial charge in [0.1, 0.15) is 5.71 Å². The minimum Gasteiger partial charge on any atom is -0.477 e. The van der Waals surface area contributed by atoms with Gasteiger partial charge in [0, 0.05) is 12.1 Å². The minimum atomic E-state index is -0.906. The fourth-order valence-corrected chi connectivity index (χ4v) is 0.948. The average molecular weight is 153 g/mol. The molecule has 3 heteroatoms. The number of carboxylic acids is 1. The predicted octanol–water partition coefficient (Wildman–Crippen LogP) is 1.46. The Morgan fingerprint density at radius 2 is 2.36 bits per heavy atom. The first-order valence-electron chi connectivity index (χ1n) is 3.62. The minimum absolute atomic E-state index is 0.258. The molecule has 1 aliphatic rings. The first-order chi connectivity index (χ1) is 5.11. The smallest absolute Gasteiger partial charge is 0.350 e. The molecular formula is C8H11NO2. The summed E-state index contributed by atoms with van der Waals surface area (Å²) in [5.41, 5.74) is 1.15. The largest absolute Gasteiger partial charge is 0.477 e. The molecule has 1 rings (SSSR count). The predicted molar refractivity (Wildman–Crippen MR) is 42.6 cm³/mol. The maximum Gasteiger partial charge on any atom is 0.350 e. The van der Waals surface area contributed by atoms with E-state index in [0.717, 1.165) is 5.70 Å². The Hall–Kier alpha value is -1.12. The van der Waals surface area contributed by atoms with Crippen molar-refractivity contribution in [2.75, 3.05) is 0 Å². The molecule has 1 N–H and O–H groups in total. The highest BCUT2D eigenvalue weighted by molar-refractivity contribution is 6.36. The second-order valence-corrected chi connectivity index (χ2v) is 2.85. The Morgan fingerprint density at radius 3 is 2.64 bits per heavy atom. The van der Waals surface area contributed by atoms with Crippen LogP contribution in [0, 0.1) is 5.92 Å². The van der Waals surface area contributed by atoms with E-state index in [1.54, 1.807) is 0 Å². The Labute approximate surface area is 65.4 Å². The topological polar surface area (TPSA) is 49.7 Å². The van der Waals surface area contributed by atoms with E-state index in [1.165, 1.54) is 0 Å². The summed E-state index contributed by atoms with van der Waals surface area (Å²) in [6.45, 7) is 4.00. The summed E-state index contributed by atoms with van der Waals surface area (Å²) >= 11 is 0. The van der Waals surface area contributed by atoms with Crippen molar-refractivity contribution in [3.8, 4) is 0 Å². The number of nitrogens with zero attached hydrogens (tertiary/aromatic N) is 1. The SMILES string of the molecule is CC(C)C1=CCC(C(=O)O)=N1. The summed E-state index contributed by atoms with van der Waals surface area (Å²) in [7, 11) is 0. The molecule has 0 aromatic heterocycles. The van der Waals surface area contributed by atoms with E-state index < -0.39 is 5.97 Å². The van der Waals surface area contributed by atoms with Gasteiger partial charge in [-0.1, -0.05) is 19.9 Å². The van der Waals surface area contributed by atoms with E-state index in [2.05, 4.69) is 4.99 Å². The lowest BCUT2D eigenvalue weighted by molar-refractivity contribution is -0.129. The molecule has 0 aromatic rings. The third-order valence-corrected chi connectivity index (χ3v) is 1.61. The fourth-order valence-electron chi connectivity index (χ4n) is 0.948. The van der Waals surface area contributed by atoms with E-state index in [4.69, 9.17) is 5.11 Å². The lowest BCUT2D eigenvalue weighted by Crippen LogP contribution is -2.09. The molecule has 0 bridgehead atoms. The lowest BCUT2D eigenvalue weighted by Gasteiger charge is -1.99. The maximum absolute atomic E-state index is 10.4. The molecular weight excluding hydrogens is 142 g/mol. The van der Waals surface area contributed by atoms with Gasteiger partial charge in [0.2, 0.25) is 0 Å². The first-order valence-corrected chi connectivity index (χ1v) is 3.62. The van der Waals surface area contributed by atoms with Gasteiger partial charge in [0.15, 0.2) is 0 Å². The van der Waals surface area contributed by atoms with Gasteiger partial charge in [-0.15, -0.1) is 0 Å². The molecule has 0 unspecified atom stereocenters. The molecule has 3 nitrogen and oxygen atoms in total. The van der Waals surface area contributed by atoms with Crippen molar-refractivity contribution in [3.05, 3.63) is 11.8 Å². The van der Waals surface area contributed by atoms with E-state index in [1.807, 2.05) is 19.9 Å². The molecule has 0 atom stereocenters. The van der Waals surface area contributed by atoms with Crippen LogP contribution < -0.4 is 0 Å². The van der Waals surface area contributed by atoms with E-state index in [-0.39, 0.29) is 5.71 Å². The lowest BCUT2D eigenvalue weighted by atomic mass is 10.1. The summed E-state index contributed by atoms with van der Waals surface area (Å²) in [6, 6.07) is 0. The van der Waals surface area contributed by atoms with Crippen LogP contribution in [0.3, 0.4) is 0 Å². The van der Waals surface area contributed by atoms with Gasteiger partial charge in [-0.05, 0) is 5.92 Å². The summed E-state index contributed by atoms with van der Waals surface area (Å²) in [4.78, 5) is 14.4. The van der Waals surface area contributed by atoms with Crippen molar-refractivity contribution in [1.82, 2.24) is 0 Å². The zero-order valence-corrected chi connectivity index (χ0v) is 6.66. The van der Waals surface area contributed by atoms with Crippen LogP contribution in [0.1, 0.15) is 20.3 Å². The second kappa shape index (κ2) is 2.86. The van der Waals surface area contributed by atoms with Crippen LogP contribution in [0.15, 0.2) is 16.8 Å². The highest BCUT2D eigenvalue weighted by Gasteiger charge is 2.16. The highest BCUT2D eigenvalue weighted by Crippen LogP contribution is 2.18. The van der Waals surface area contributed by atoms with Gasteiger partial charge in [-0.25, -0.2) is 9.79 Å². The van der Waals surface area contributed by atoms with Crippen LogP contribution in [0.25, 0.3) is 0 Å².